The molecule has 3 N–H and O–H groups in total. The molecule has 0 bridgehead atoms. The standard InChI is InChI=1S/C28H30N6O6S/c1-27(2,3)40-26(37)33(19-25(35)36)23-9-6-8-22(32-23)28(29,41(38,39)24-10-4-5-15-30-24)18-20-11-13-21(14-12-20)34-17-7-16-31-34/h4-17H,18-19,29H2,1-3H3,(H,35,36). The molecule has 12 nitrogen and oxygen atoms in total. The van der Waals surface area contributed by atoms with Crippen molar-refractivity contribution in [2.24, 2.45) is 5.73 Å². The van der Waals surface area contributed by atoms with E-state index in [0.717, 1.165) is 10.6 Å². The van der Waals surface area contributed by atoms with Crippen molar-refractivity contribution >= 4 is 27.7 Å². The van der Waals surface area contributed by atoms with Crippen LogP contribution in [0.2, 0.25) is 0 Å². The summed E-state index contributed by atoms with van der Waals surface area (Å²) in [6.45, 7) is 4.13. The third-order valence-corrected chi connectivity index (χ3v) is 8.02. The highest BCUT2D eigenvalue weighted by Gasteiger charge is 2.45. The first-order chi connectivity index (χ1) is 19.3. The molecule has 3 aromatic heterocycles. The molecule has 41 heavy (non-hydrogen) atoms. The third-order valence-electron chi connectivity index (χ3n) is 5.92. The normalized spacial score (nSPS) is 13.3. The van der Waals surface area contributed by atoms with Gasteiger partial charge in [-0.05, 0) is 68.8 Å². The SMILES string of the molecule is CC(C)(C)OC(=O)N(CC(=O)O)c1cccc(C(N)(Cc2ccc(-n3cccn3)cc2)S(=O)(=O)c2ccccn2)n1. The molecule has 214 valence electrons. The fourth-order valence-corrected chi connectivity index (χ4v) is 5.58. The van der Waals surface area contributed by atoms with Gasteiger partial charge in [0.15, 0.2) is 9.90 Å². The molecule has 1 aromatic carbocycles. The number of amides is 1. The van der Waals surface area contributed by atoms with Crippen LogP contribution in [0.1, 0.15) is 32.0 Å². The van der Waals surface area contributed by atoms with Crippen molar-refractivity contribution < 1.29 is 27.9 Å². The van der Waals surface area contributed by atoms with Crippen molar-refractivity contribution in [1.82, 2.24) is 19.7 Å². The van der Waals surface area contributed by atoms with Crippen LogP contribution in [-0.4, -0.2) is 57.5 Å². The van der Waals surface area contributed by atoms with Gasteiger partial charge in [-0.3, -0.25) is 9.69 Å². The number of ether oxygens (including phenoxy) is 1. The Bertz CT molecular complexity index is 1620. The van der Waals surface area contributed by atoms with E-state index < -0.39 is 38.9 Å². The fraction of sp³-hybridized carbons (Fsp3) is 0.250. The van der Waals surface area contributed by atoms with Gasteiger partial charge in [0.25, 0.3) is 0 Å². The second-order valence-electron chi connectivity index (χ2n) is 10.2. The van der Waals surface area contributed by atoms with E-state index in [1.54, 1.807) is 74.2 Å². The second-order valence-corrected chi connectivity index (χ2v) is 12.3. The molecular formula is C28H30N6O6S. The number of rotatable bonds is 9. The minimum atomic E-state index is -4.38. The van der Waals surface area contributed by atoms with Crippen LogP contribution >= 0.6 is 0 Å². The highest BCUT2D eigenvalue weighted by atomic mass is 32.2. The van der Waals surface area contributed by atoms with Gasteiger partial charge in [-0.25, -0.2) is 27.9 Å². The number of hydrogen-bond acceptors (Lipinski definition) is 9. The van der Waals surface area contributed by atoms with E-state index in [1.165, 1.54) is 36.5 Å². The monoisotopic (exact) mass is 578 g/mol. The van der Waals surface area contributed by atoms with Crippen molar-refractivity contribution in [2.45, 2.75) is 42.7 Å². The van der Waals surface area contributed by atoms with Crippen molar-refractivity contribution in [2.75, 3.05) is 11.4 Å². The maximum Gasteiger partial charge on any atom is 0.416 e. The lowest BCUT2D eigenvalue weighted by Gasteiger charge is -2.30. The summed E-state index contributed by atoms with van der Waals surface area (Å²) in [5, 5.41) is 13.4. The molecule has 1 amide bonds. The lowest BCUT2D eigenvalue weighted by molar-refractivity contribution is -0.135. The number of nitrogens with two attached hydrogens (primary N) is 1. The third kappa shape index (κ3) is 6.58. The van der Waals surface area contributed by atoms with Gasteiger partial charge in [0, 0.05) is 25.0 Å². The number of benzene rings is 1. The first kappa shape index (κ1) is 29.4. The van der Waals surface area contributed by atoms with Crippen molar-refractivity contribution in [1.29, 1.82) is 0 Å². The summed E-state index contributed by atoms with van der Waals surface area (Å²) in [6, 6.07) is 17.5. The van der Waals surface area contributed by atoms with Crippen LogP contribution < -0.4 is 10.6 Å². The van der Waals surface area contributed by atoms with Crippen LogP contribution in [0.15, 0.2) is 90.3 Å². The van der Waals surface area contributed by atoms with Crippen LogP contribution in [0.5, 0.6) is 0 Å². The Kier molecular flexibility index (Phi) is 8.22. The zero-order chi connectivity index (χ0) is 29.8. The minimum Gasteiger partial charge on any atom is -0.480 e. The smallest absolute Gasteiger partial charge is 0.416 e. The number of carboxylic acid groups (broad SMARTS) is 1. The number of sulfone groups is 1. The zero-order valence-corrected chi connectivity index (χ0v) is 23.5. The van der Waals surface area contributed by atoms with E-state index >= 15 is 0 Å². The van der Waals surface area contributed by atoms with Crippen LogP contribution in [0.25, 0.3) is 5.69 Å². The van der Waals surface area contributed by atoms with Crippen molar-refractivity contribution in [3.05, 3.63) is 96.6 Å². The Hall–Kier alpha value is -4.62. The molecule has 0 spiro atoms. The van der Waals surface area contributed by atoms with Gasteiger partial charge in [-0.2, -0.15) is 5.10 Å². The van der Waals surface area contributed by atoms with E-state index in [-0.39, 0.29) is 23.0 Å². The Morgan fingerprint density at radius 3 is 2.32 bits per heavy atom. The van der Waals surface area contributed by atoms with Gasteiger partial charge in [0.1, 0.15) is 18.0 Å². The molecule has 0 radical (unpaired) electrons. The van der Waals surface area contributed by atoms with Crippen LogP contribution in [-0.2, 0) is 30.7 Å². The molecule has 0 saturated heterocycles. The highest BCUT2D eigenvalue weighted by Crippen LogP contribution is 2.34. The quantitative estimate of drug-likeness (QED) is 0.300. The Morgan fingerprint density at radius 2 is 1.73 bits per heavy atom. The molecule has 0 fully saturated rings. The molecule has 0 aliphatic carbocycles. The number of carbonyl (C=O) groups is 2. The number of aliphatic carboxylic acids is 1. The van der Waals surface area contributed by atoms with Gasteiger partial charge in [-0.15, -0.1) is 0 Å². The molecule has 0 aliphatic heterocycles. The molecule has 0 saturated carbocycles. The second kappa shape index (κ2) is 11.5. The molecule has 4 aromatic rings. The van der Waals surface area contributed by atoms with E-state index in [9.17, 15) is 23.1 Å². The van der Waals surface area contributed by atoms with Crippen LogP contribution in [0, 0.1) is 0 Å². The fourth-order valence-electron chi connectivity index (χ4n) is 4.01. The summed E-state index contributed by atoms with van der Waals surface area (Å²) in [5.41, 5.74) is 7.08. The predicted molar refractivity (Wildman–Crippen MR) is 150 cm³/mol. The van der Waals surface area contributed by atoms with Gasteiger partial charge >= 0.3 is 12.1 Å². The number of carboxylic acids is 1. The molecule has 1 unspecified atom stereocenters. The molecule has 3 heterocycles. The van der Waals surface area contributed by atoms with E-state index in [1.807, 2.05) is 0 Å². The number of carbonyl (C=O) groups excluding carboxylic acids is 1. The van der Waals surface area contributed by atoms with E-state index in [2.05, 4.69) is 15.1 Å². The summed E-state index contributed by atoms with van der Waals surface area (Å²) in [5.74, 6) is -1.46. The molecule has 1 atom stereocenters. The van der Waals surface area contributed by atoms with E-state index in [4.69, 9.17) is 10.5 Å². The van der Waals surface area contributed by atoms with Crippen LogP contribution in [0.4, 0.5) is 10.6 Å². The summed E-state index contributed by atoms with van der Waals surface area (Å²) in [7, 11) is -4.38. The molecule has 0 aliphatic rings. The largest absolute Gasteiger partial charge is 0.480 e. The lowest BCUT2D eigenvalue weighted by Crippen LogP contribution is -2.48. The van der Waals surface area contributed by atoms with Gasteiger partial charge in [0.05, 0.1) is 11.4 Å². The summed E-state index contributed by atoms with van der Waals surface area (Å²) >= 11 is 0. The first-order valence-electron chi connectivity index (χ1n) is 12.5. The number of nitrogens with zero attached hydrogens (tertiary/aromatic N) is 5. The average Bonchev–Trinajstić information content (AvgIpc) is 3.47. The summed E-state index contributed by atoms with van der Waals surface area (Å²) < 4.78 is 35.1. The molecular weight excluding hydrogens is 548 g/mol. The highest BCUT2D eigenvalue weighted by molar-refractivity contribution is 7.92. The number of hydrogen-bond donors (Lipinski definition) is 2. The Labute approximate surface area is 237 Å². The minimum absolute atomic E-state index is 0.115. The maximum absolute atomic E-state index is 14.1. The maximum atomic E-state index is 14.1. The average molecular weight is 579 g/mol. The lowest BCUT2D eigenvalue weighted by atomic mass is 10.0. The van der Waals surface area contributed by atoms with Gasteiger partial charge in [0.2, 0.25) is 9.84 Å². The zero-order valence-electron chi connectivity index (χ0n) is 22.7. The van der Waals surface area contributed by atoms with E-state index in [0.29, 0.717) is 5.56 Å². The summed E-state index contributed by atoms with van der Waals surface area (Å²) in [4.78, 5) is 31.6. The van der Waals surface area contributed by atoms with Crippen molar-refractivity contribution in [3.63, 3.8) is 0 Å². The first-order valence-corrected chi connectivity index (χ1v) is 14.0. The van der Waals surface area contributed by atoms with Gasteiger partial charge < -0.3 is 15.6 Å². The topological polar surface area (TPSA) is 171 Å². The predicted octanol–water partition coefficient (Wildman–Crippen LogP) is 3.32. The molecule has 4 rings (SSSR count). The van der Waals surface area contributed by atoms with Crippen LogP contribution in [0.3, 0.4) is 0 Å². The Balaban J connectivity index is 1.81. The number of aromatic nitrogens is 4. The van der Waals surface area contributed by atoms with Gasteiger partial charge in [-0.1, -0.05) is 24.3 Å². The number of pyridine rings is 2. The summed E-state index contributed by atoms with van der Waals surface area (Å²) in [6.07, 6.45) is 3.58. The molecule has 13 heteroatoms. The Morgan fingerprint density at radius 1 is 1.00 bits per heavy atom. The number of anilines is 1. The van der Waals surface area contributed by atoms with Crippen molar-refractivity contribution in [3.8, 4) is 5.69 Å².